The molecule has 0 radical (unpaired) electrons. The van der Waals surface area contributed by atoms with Gasteiger partial charge < -0.3 is 20.6 Å². The van der Waals surface area contributed by atoms with Crippen molar-refractivity contribution in [1.82, 2.24) is 20.3 Å². The number of fused-ring (bicyclic) bond motifs is 1. The summed E-state index contributed by atoms with van der Waals surface area (Å²) >= 11 is 0. The maximum atomic E-state index is 5.54. The lowest BCUT2D eigenvalue weighted by Crippen LogP contribution is -2.19. The van der Waals surface area contributed by atoms with Gasteiger partial charge >= 0.3 is 0 Å². The minimum Gasteiger partial charge on any atom is -0.486 e. The van der Waals surface area contributed by atoms with Crippen LogP contribution in [0.5, 0.6) is 11.5 Å². The van der Waals surface area contributed by atoms with Gasteiger partial charge in [-0.15, -0.1) is 4.79 Å². The fourth-order valence-electron chi connectivity index (χ4n) is 1.67. The molecule has 0 saturated heterocycles. The Kier molecular flexibility index (Phi) is 2.60. The lowest BCUT2D eigenvalue weighted by molar-refractivity contribution is 0.171. The molecule has 0 unspecified atom stereocenters. The molecule has 1 aliphatic rings. The predicted octanol–water partition coefficient (Wildman–Crippen LogP) is -0.230. The topological polar surface area (TPSA) is 100 Å². The number of nitrogens with two attached hydrogens (primary N) is 1. The molecule has 0 bridgehead atoms. The van der Waals surface area contributed by atoms with Crippen molar-refractivity contribution in [2.24, 2.45) is 0 Å². The molecule has 1 aromatic carbocycles. The van der Waals surface area contributed by atoms with Crippen LogP contribution in [0.2, 0.25) is 0 Å². The fraction of sp³-hybridized carbons (Fsp3) is 0.300. The number of nitrogens with zero attached hydrogens (tertiary/aromatic N) is 4. The van der Waals surface area contributed by atoms with Crippen molar-refractivity contribution >= 4 is 5.95 Å². The number of aromatic nitrogens is 4. The minimum atomic E-state index is 0.215. The van der Waals surface area contributed by atoms with Crippen LogP contribution >= 0.6 is 0 Å². The Hall–Kier alpha value is -2.51. The summed E-state index contributed by atoms with van der Waals surface area (Å²) < 4.78 is 10.9. The number of tetrazole rings is 1. The number of hydrogen-bond donors (Lipinski definition) is 2. The molecule has 0 aliphatic carbocycles. The first-order chi connectivity index (χ1) is 8.83. The van der Waals surface area contributed by atoms with Crippen molar-refractivity contribution in [2.45, 2.75) is 6.54 Å². The summed E-state index contributed by atoms with van der Waals surface area (Å²) in [7, 11) is 0. The summed E-state index contributed by atoms with van der Waals surface area (Å²) in [5.41, 5.74) is 9.53. The second kappa shape index (κ2) is 4.40. The Balaban J connectivity index is 1.71. The smallest absolute Gasteiger partial charge is 0.260 e. The van der Waals surface area contributed by atoms with Gasteiger partial charge in [0.05, 0.1) is 6.54 Å². The van der Waals surface area contributed by atoms with Crippen molar-refractivity contribution in [3.05, 3.63) is 23.8 Å². The molecule has 94 valence electrons. The van der Waals surface area contributed by atoms with E-state index in [1.807, 2.05) is 18.2 Å². The molecule has 0 spiro atoms. The fourth-order valence-corrected chi connectivity index (χ4v) is 1.67. The van der Waals surface area contributed by atoms with Gasteiger partial charge in [0.25, 0.3) is 5.95 Å². The number of rotatable bonds is 3. The van der Waals surface area contributed by atoms with Gasteiger partial charge in [-0.2, -0.15) is 0 Å². The van der Waals surface area contributed by atoms with E-state index >= 15 is 0 Å². The highest BCUT2D eigenvalue weighted by Gasteiger charge is 2.11. The molecule has 0 fully saturated rings. The first-order valence-corrected chi connectivity index (χ1v) is 5.49. The van der Waals surface area contributed by atoms with E-state index in [9.17, 15) is 0 Å². The number of nitrogens with one attached hydrogen (secondary N) is 1. The molecule has 0 saturated carbocycles. The average Bonchev–Trinajstić information content (AvgIpc) is 2.82. The molecule has 18 heavy (non-hydrogen) atoms. The molecule has 8 nitrogen and oxygen atoms in total. The van der Waals surface area contributed by atoms with E-state index in [4.69, 9.17) is 15.2 Å². The first kappa shape index (κ1) is 10.6. The lowest BCUT2D eigenvalue weighted by Gasteiger charge is -2.19. The summed E-state index contributed by atoms with van der Waals surface area (Å²) in [6.45, 7) is 1.70. The van der Waals surface area contributed by atoms with Gasteiger partial charge in [0, 0.05) is 0 Å². The number of anilines is 1. The summed E-state index contributed by atoms with van der Waals surface area (Å²) in [5.74, 6) is 1.74. The molecule has 3 N–H and O–H groups in total. The van der Waals surface area contributed by atoms with Crippen LogP contribution in [0.3, 0.4) is 0 Å². The van der Waals surface area contributed by atoms with Gasteiger partial charge in [-0.1, -0.05) is 11.2 Å². The Morgan fingerprint density at radius 1 is 1.28 bits per heavy atom. The molecule has 3 rings (SSSR count). The number of nitrogen functional groups attached to an aromatic ring is 1. The Morgan fingerprint density at radius 2 is 2.11 bits per heavy atom. The third-order valence-corrected chi connectivity index (χ3v) is 2.53. The molecule has 1 aliphatic heterocycles. The van der Waals surface area contributed by atoms with Crippen LogP contribution in [-0.4, -0.2) is 33.5 Å². The second-order valence-electron chi connectivity index (χ2n) is 3.76. The van der Waals surface area contributed by atoms with E-state index in [2.05, 4.69) is 21.0 Å². The van der Waals surface area contributed by atoms with E-state index in [0.717, 1.165) is 17.1 Å². The van der Waals surface area contributed by atoms with Crippen molar-refractivity contribution in [2.75, 3.05) is 24.4 Å². The van der Waals surface area contributed by atoms with E-state index in [1.54, 1.807) is 0 Å². The average molecular weight is 248 g/mol. The van der Waals surface area contributed by atoms with Gasteiger partial charge in [0.2, 0.25) is 0 Å². The Labute approximate surface area is 103 Å². The zero-order valence-corrected chi connectivity index (χ0v) is 9.54. The molecular formula is C10H12N6O2. The zero-order valence-electron chi connectivity index (χ0n) is 9.54. The predicted molar refractivity (Wildman–Crippen MR) is 62.7 cm³/mol. The van der Waals surface area contributed by atoms with Crippen LogP contribution in [0.4, 0.5) is 5.95 Å². The Bertz CT molecular complexity index is 555. The molecule has 2 aromatic rings. The van der Waals surface area contributed by atoms with E-state index in [0.29, 0.717) is 19.8 Å². The molecule has 1 aromatic heterocycles. The molecule has 0 atom stereocenters. The highest BCUT2D eigenvalue weighted by atomic mass is 16.6. The normalized spacial score (nSPS) is 13.3. The van der Waals surface area contributed by atoms with Gasteiger partial charge in [0.1, 0.15) is 13.2 Å². The maximum Gasteiger partial charge on any atom is 0.260 e. The van der Waals surface area contributed by atoms with Crippen LogP contribution in [0.15, 0.2) is 18.2 Å². The van der Waals surface area contributed by atoms with Crippen LogP contribution < -0.4 is 20.6 Å². The largest absolute Gasteiger partial charge is 0.486 e. The van der Waals surface area contributed by atoms with Crippen molar-refractivity contribution in [3.8, 4) is 11.5 Å². The third-order valence-electron chi connectivity index (χ3n) is 2.53. The minimum absolute atomic E-state index is 0.215. The first-order valence-electron chi connectivity index (χ1n) is 5.49. The van der Waals surface area contributed by atoms with Crippen molar-refractivity contribution in [3.63, 3.8) is 0 Å². The monoisotopic (exact) mass is 248 g/mol. The summed E-state index contributed by atoms with van der Waals surface area (Å²) in [6.07, 6.45) is 0. The maximum absolute atomic E-state index is 5.54. The van der Waals surface area contributed by atoms with Gasteiger partial charge in [-0.3, -0.25) is 0 Å². The van der Waals surface area contributed by atoms with Crippen molar-refractivity contribution in [1.29, 1.82) is 0 Å². The molecular weight excluding hydrogens is 236 g/mol. The van der Waals surface area contributed by atoms with Gasteiger partial charge in [-0.25, -0.2) is 0 Å². The summed E-state index contributed by atoms with van der Waals surface area (Å²) in [4.78, 5) is 1.32. The molecule has 2 heterocycles. The highest BCUT2D eigenvalue weighted by Crippen LogP contribution is 2.30. The van der Waals surface area contributed by atoms with Crippen LogP contribution in [0.25, 0.3) is 0 Å². The SMILES string of the molecule is Nc1nnnn1NCc1ccc2c(c1)OCCO2. The van der Waals surface area contributed by atoms with Crippen LogP contribution in [0.1, 0.15) is 5.56 Å². The quantitative estimate of drug-likeness (QED) is 0.773. The van der Waals surface area contributed by atoms with Gasteiger partial charge in [-0.05, 0) is 28.1 Å². The third kappa shape index (κ3) is 1.99. The highest BCUT2D eigenvalue weighted by molar-refractivity contribution is 5.44. The molecule has 8 heteroatoms. The second-order valence-corrected chi connectivity index (χ2v) is 3.76. The summed E-state index contributed by atoms with van der Waals surface area (Å²) in [5, 5.41) is 10.7. The molecule has 0 amide bonds. The Morgan fingerprint density at radius 3 is 2.89 bits per heavy atom. The van der Waals surface area contributed by atoms with E-state index < -0.39 is 0 Å². The zero-order chi connectivity index (χ0) is 12.4. The van der Waals surface area contributed by atoms with E-state index in [1.165, 1.54) is 4.79 Å². The van der Waals surface area contributed by atoms with Gasteiger partial charge in [0.15, 0.2) is 11.5 Å². The van der Waals surface area contributed by atoms with E-state index in [-0.39, 0.29) is 5.95 Å². The standard InChI is InChI=1S/C10H12N6O2/c11-10-13-14-15-16(10)12-6-7-1-2-8-9(5-7)18-4-3-17-8/h1-2,5,12H,3-4,6H2,(H2,11,13,15). The number of hydrogen-bond acceptors (Lipinski definition) is 7. The van der Waals surface area contributed by atoms with Crippen molar-refractivity contribution < 1.29 is 9.47 Å². The lowest BCUT2D eigenvalue weighted by atomic mass is 10.2. The summed E-state index contributed by atoms with van der Waals surface area (Å²) in [6, 6.07) is 5.75. The number of ether oxygens (including phenoxy) is 2. The van der Waals surface area contributed by atoms with Crippen LogP contribution in [-0.2, 0) is 6.54 Å². The van der Waals surface area contributed by atoms with Crippen LogP contribution in [0, 0.1) is 0 Å². The number of benzene rings is 1.